The largest absolute Gasteiger partial charge is 0.378 e. The molecule has 0 fully saturated rings. The lowest BCUT2D eigenvalue weighted by molar-refractivity contribution is -0.123. The smallest absolute Gasteiger partial charge is 0.292 e. The van der Waals surface area contributed by atoms with E-state index in [1.54, 1.807) is 26.1 Å². The standard InChI is InChI=1S/C40H41ClF4N8O5S/c1-20-21(2)40(44,45)36-31(20)34(38(55)51(5)6)48-53(36)19-30(54)47-29(17-22-15-23(42)18-24(43)16-22)33-26(10-9-25(46-33)13-14-39(3,4)56)27-11-12-28(41)32-35(27)52(7)49-37(32)50-59(8,57)58/h9-12,15-16,18,20-21,29,56H,17,19H2,1-8H3,(H,47,54)(H,49,50)/t20-,21+,29-/m0/s1. The Morgan fingerprint density at radius 1 is 1.07 bits per heavy atom. The normalized spacial score (nSPS) is 16.6. The van der Waals surface area contributed by atoms with Crippen LogP contribution in [-0.4, -0.2) is 80.7 Å². The summed E-state index contributed by atoms with van der Waals surface area (Å²) in [6, 6.07) is 7.79. The Morgan fingerprint density at radius 3 is 2.32 bits per heavy atom. The lowest BCUT2D eigenvalue weighted by atomic mass is 9.93. The van der Waals surface area contributed by atoms with Gasteiger partial charge in [0.15, 0.2) is 11.5 Å². The van der Waals surface area contributed by atoms with Crippen LogP contribution in [0.2, 0.25) is 5.02 Å². The summed E-state index contributed by atoms with van der Waals surface area (Å²) in [6.45, 7) is 5.05. The molecule has 0 radical (unpaired) electrons. The molecule has 6 rings (SSSR count). The number of carbonyl (C=O) groups excluding carboxylic acids is 2. The number of anilines is 1. The van der Waals surface area contributed by atoms with Gasteiger partial charge in [-0.15, -0.1) is 0 Å². The average molecular weight is 857 g/mol. The summed E-state index contributed by atoms with van der Waals surface area (Å²) in [5, 5.41) is 22.1. The number of sulfonamides is 1. The van der Waals surface area contributed by atoms with Crippen LogP contribution in [0.25, 0.3) is 22.0 Å². The number of alkyl halides is 2. The summed E-state index contributed by atoms with van der Waals surface area (Å²) in [7, 11) is 0.641. The molecule has 1 aliphatic carbocycles. The molecule has 0 aliphatic heterocycles. The number of hydrogen-bond acceptors (Lipinski definition) is 8. The van der Waals surface area contributed by atoms with Gasteiger partial charge in [-0.25, -0.2) is 22.2 Å². The maximum atomic E-state index is 15.9. The second-order valence-electron chi connectivity index (χ2n) is 15.4. The van der Waals surface area contributed by atoms with Gasteiger partial charge in [-0.3, -0.25) is 23.7 Å². The molecule has 3 N–H and O–H groups in total. The molecule has 5 aromatic rings. The summed E-state index contributed by atoms with van der Waals surface area (Å²) < 4.78 is 90.2. The highest BCUT2D eigenvalue weighted by Gasteiger charge is 2.55. The second kappa shape index (κ2) is 15.6. The minimum absolute atomic E-state index is 0.0375. The topological polar surface area (TPSA) is 164 Å². The molecule has 312 valence electrons. The number of aromatic nitrogens is 5. The third-order valence-corrected chi connectivity index (χ3v) is 10.8. The SMILES string of the molecule is C[C@@H]1c2c(C(=O)N(C)C)nn(CC(=O)N[C@@H](Cc3cc(F)cc(F)c3)c3nc(C#CC(C)(C)O)ccc3-c3ccc(Cl)c4c(NS(C)(=O)=O)nn(C)c34)c2C(F)(F)[C@@H]1C. The van der Waals surface area contributed by atoms with Crippen LogP contribution in [0.4, 0.5) is 23.4 Å². The Balaban J connectivity index is 1.55. The summed E-state index contributed by atoms with van der Waals surface area (Å²) >= 11 is 6.62. The Hall–Kier alpha value is -5.51. The molecule has 2 amide bonds. The molecule has 19 heteroatoms. The van der Waals surface area contributed by atoms with Gasteiger partial charge < -0.3 is 15.3 Å². The highest BCUT2D eigenvalue weighted by Crippen LogP contribution is 2.53. The van der Waals surface area contributed by atoms with Gasteiger partial charge in [-0.1, -0.05) is 37.4 Å². The van der Waals surface area contributed by atoms with Crippen LogP contribution < -0.4 is 10.0 Å². The first kappa shape index (κ1) is 43.1. The van der Waals surface area contributed by atoms with Crippen LogP contribution >= 0.6 is 11.6 Å². The zero-order valence-corrected chi connectivity index (χ0v) is 34.8. The third kappa shape index (κ3) is 8.77. The van der Waals surface area contributed by atoms with E-state index in [9.17, 15) is 31.9 Å². The van der Waals surface area contributed by atoms with E-state index in [4.69, 9.17) is 16.6 Å². The van der Waals surface area contributed by atoms with Gasteiger partial charge in [0.25, 0.3) is 11.8 Å². The highest BCUT2D eigenvalue weighted by molar-refractivity contribution is 7.92. The van der Waals surface area contributed by atoms with Crippen molar-refractivity contribution >= 4 is 50.2 Å². The van der Waals surface area contributed by atoms with Crippen molar-refractivity contribution < 1.29 is 40.7 Å². The van der Waals surface area contributed by atoms with Crippen molar-refractivity contribution in [2.75, 3.05) is 25.1 Å². The van der Waals surface area contributed by atoms with Crippen LogP contribution in [0, 0.1) is 29.4 Å². The molecule has 0 bridgehead atoms. The Labute approximate surface area is 342 Å². The van der Waals surface area contributed by atoms with E-state index in [1.165, 1.54) is 56.6 Å². The van der Waals surface area contributed by atoms with Crippen molar-refractivity contribution in [3.8, 4) is 23.0 Å². The Bertz CT molecular complexity index is 2680. The maximum absolute atomic E-state index is 15.9. The lowest BCUT2D eigenvalue weighted by Gasteiger charge is -2.23. The van der Waals surface area contributed by atoms with Crippen molar-refractivity contribution in [1.82, 2.24) is 34.8 Å². The monoisotopic (exact) mass is 856 g/mol. The fourth-order valence-electron chi connectivity index (χ4n) is 7.18. The maximum Gasteiger partial charge on any atom is 0.292 e. The van der Waals surface area contributed by atoms with Crippen LogP contribution in [0.5, 0.6) is 0 Å². The van der Waals surface area contributed by atoms with Crippen molar-refractivity contribution in [3.63, 3.8) is 0 Å². The predicted molar refractivity (Wildman–Crippen MR) is 213 cm³/mol. The van der Waals surface area contributed by atoms with Gasteiger partial charge in [0.2, 0.25) is 15.9 Å². The molecule has 0 saturated carbocycles. The number of rotatable bonds is 10. The number of nitrogens with one attached hydrogen (secondary N) is 2. The van der Waals surface area contributed by atoms with Gasteiger partial charge in [-0.05, 0) is 68.0 Å². The molecular formula is C40H41ClF4N8O5S. The molecule has 3 atom stereocenters. The van der Waals surface area contributed by atoms with E-state index >= 15 is 8.78 Å². The minimum Gasteiger partial charge on any atom is -0.378 e. The van der Waals surface area contributed by atoms with E-state index in [0.717, 1.165) is 23.1 Å². The fourth-order valence-corrected chi connectivity index (χ4v) is 7.91. The number of fused-ring (bicyclic) bond motifs is 2. The fraction of sp³-hybridized carbons (Fsp3) is 0.375. The first-order valence-corrected chi connectivity index (χ1v) is 20.5. The number of aliphatic hydroxyl groups is 1. The molecule has 0 unspecified atom stereocenters. The van der Waals surface area contributed by atoms with Gasteiger partial charge in [0.1, 0.15) is 35.2 Å². The highest BCUT2D eigenvalue weighted by atomic mass is 35.5. The van der Waals surface area contributed by atoms with E-state index in [0.29, 0.717) is 22.7 Å². The van der Waals surface area contributed by atoms with E-state index < -0.39 is 75.1 Å². The summed E-state index contributed by atoms with van der Waals surface area (Å²) in [4.78, 5) is 33.3. The first-order valence-electron chi connectivity index (χ1n) is 18.2. The number of nitrogens with zero attached hydrogens (tertiary/aromatic N) is 6. The summed E-state index contributed by atoms with van der Waals surface area (Å²) in [5.74, 6) is -3.35. The zero-order chi connectivity index (χ0) is 43.5. The van der Waals surface area contributed by atoms with Crippen LogP contribution in [0.3, 0.4) is 0 Å². The minimum atomic E-state index is -3.82. The quantitative estimate of drug-likeness (QED) is 0.115. The number of hydrogen-bond donors (Lipinski definition) is 3. The molecule has 13 nitrogen and oxygen atoms in total. The Morgan fingerprint density at radius 2 is 1.71 bits per heavy atom. The number of halogens is 5. The molecule has 3 heterocycles. The number of carbonyl (C=O) groups is 2. The van der Waals surface area contributed by atoms with Crippen LogP contribution in [-0.2, 0) is 40.8 Å². The zero-order valence-electron chi connectivity index (χ0n) is 33.2. The number of aryl methyl sites for hydroxylation is 1. The molecule has 2 aromatic carbocycles. The van der Waals surface area contributed by atoms with Gasteiger partial charge in [-0.2, -0.15) is 19.0 Å². The number of benzene rings is 2. The molecule has 3 aromatic heterocycles. The molecular weight excluding hydrogens is 816 g/mol. The van der Waals surface area contributed by atoms with E-state index in [1.807, 2.05) is 0 Å². The van der Waals surface area contributed by atoms with Crippen LogP contribution in [0.15, 0.2) is 42.5 Å². The van der Waals surface area contributed by atoms with E-state index in [-0.39, 0.29) is 50.9 Å². The van der Waals surface area contributed by atoms with Gasteiger partial charge >= 0.3 is 0 Å². The molecule has 1 aliphatic rings. The van der Waals surface area contributed by atoms with Gasteiger partial charge in [0.05, 0.1) is 33.9 Å². The number of amides is 2. The first-order chi connectivity index (χ1) is 27.4. The summed E-state index contributed by atoms with van der Waals surface area (Å²) in [6.07, 6.45) is 0.654. The van der Waals surface area contributed by atoms with Crippen LogP contribution in [0.1, 0.15) is 78.4 Å². The predicted octanol–water partition coefficient (Wildman–Crippen LogP) is 5.90. The van der Waals surface area contributed by atoms with Gasteiger partial charge in [0, 0.05) is 49.8 Å². The second-order valence-corrected chi connectivity index (χ2v) is 17.5. The van der Waals surface area contributed by atoms with Crippen molar-refractivity contribution in [1.29, 1.82) is 0 Å². The number of pyridine rings is 1. The average Bonchev–Trinajstić information content (AvgIpc) is 3.71. The molecule has 0 spiro atoms. The summed E-state index contributed by atoms with van der Waals surface area (Å²) in [5.41, 5.74) is -0.879. The Kier molecular flexibility index (Phi) is 11.4. The van der Waals surface area contributed by atoms with Crippen molar-refractivity contribution in [2.24, 2.45) is 13.0 Å². The third-order valence-electron chi connectivity index (χ3n) is 9.94. The van der Waals surface area contributed by atoms with Crippen molar-refractivity contribution in [3.05, 3.63) is 93.0 Å². The van der Waals surface area contributed by atoms with E-state index in [2.05, 4.69) is 32.1 Å². The molecule has 59 heavy (non-hydrogen) atoms. The molecule has 0 saturated heterocycles. The van der Waals surface area contributed by atoms with Crippen molar-refractivity contribution in [2.45, 2.75) is 64.1 Å². The lowest BCUT2D eigenvalue weighted by Crippen LogP contribution is -2.35.